The number of aliphatic carboxylic acids is 1. The summed E-state index contributed by atoms with van der Waals surface area (Å²) in [5.74, 6) is -0.269. The van der Waals surface area contributed by atoms with E-state index in [1.54, 1.807) is 0 Å². The van der Waals surface area contributed by atoms with Gasteiger partial charge >= 0.3 is 12.0 Å². The average Bonchev–Trinajstić information content (AvgIpc) is 2.34. The molecule has 6 nitrogen and oxygen atoms in total. The first-order valence-electron chi connectivity index (χ1n) is 6.50. The second-order valence-corrected chi connectivity index (χ2v) is 4.88. The summed E-state index contributed by atoms with van der Waals surface area (Å²) in [5, 5.41) is 13.9. The van der Waals surface area contributed by atoms with E-state index in [1.165, 1.54) is 0 Å². The number of carbonyl (C=O) groups is 2. The number of nitrogens with one attached hydrogen (secondary N) is 2. The first-order valence-corrected chi connectivity index (χ1v) is 6.50. The summed E-state index contributed by atoms with van der Waals surface area (Å²) in [7, 11) is 2.11. The second-order valence-electron chi connectivity index (χ2n) is 4.88. The van der Waals surface area contributed by atoms with Crippen molar-refractivity contribution in [3.8, 4) is 0 Å². The third-order valence-corrected chi connectivity index (χ3v) is 3.24. The first-order chi connectivity index (χ1) is 8.58. The molecule has 0 saturated carbocycles. The Morgan fingerprint density at radius 2 is 1.94 bits per heavy atom. The molecule has 18 heavy (non-hydrogen) atoms. The maximum absolute atomic E-state index is 11.4. The third kappa shape index (κ3) is 6.44. The maximum atomic E-state index is 11.4. The Kier molecular flexibility index (Phi) is 6.49. The molecule has 2 amide bonds. The highest BCUT2D eigenvalue weighted by atomic mass is 16.4. The number of nitrogens with zero attached hydrogens (tertiary/aromatic N) is 1. The molecule has 1 rings (SSSR count). The van der Waals surface area contributed by atoms with Gasteiger partial charge in [0.15, 0.2) is 0 Å². The van der Waals surface area contributed by atoms with E-state index in [-0.39, 0.29) is 12.5 Å². The number of carboxylic acid groups (broad SMARTS) is 1. The van der Waals surface area contributed by atoms with Crippen LogP contribution in [0.1, 0.15) is 25.7 Å². The van der Waals surface area contributed by atoms with Gasteiger partial charge in [0.05, 0.1) is 0 Å². The summed E-state index contributed by atoms with van der Waals surface area (Å²) in [6.45, 7) is 3.29. The van der Waals surface area contributed by atoms with E-state index in [1.807, 2.05) is 0 Å². The van der Waals surface area contributed by atoms with Gasteiger partial charge in [-0.25, -0.2) is 4.79 Å². The van der Waals surface area contributed by atoms with Crippen LogP contribution in [0.2, 0.25) is 0 Å². The fourth-order valence-electron chi connectivity index (χ4n) is 2.01. The fraction of sp³-hybridized carbons (Fsp3) is 0.833. The number of hydrogen-bond donors (Lipinski definition) is 3. The second kappa shape index (κ2) is 7.92. The molecule has 1 aliphatic rings. The summed E-state index contributed by atoms with van der Waals surface area (Å²) >= 11 is 0. The monoisotopic (exact) mass is 257 g/mol. The minimum Gasteiger partial charge on any atom is -0.481 e. The van der Waals surface area contributed by atoms with Crippen LogP contribution in [0.15, 0.2) is 0 Å². The minimum absolute atomic E-state index is 0.0925. The lowest BCUT2D eigenvalue weighted by molar-refractivity contribution is -0.137. The Labute approximate surface area is 108 Å². The highest BCUT2D eigenvalue weighted by molar-refractivity contribution is 5.73. The van der Waals surface area contributed by atoms with Crippen molar-refractivity contribution in [3.63, 3.8) is 0 Å². The van der Waals surface area contributed by atoms with Gasteiger partial charge in [-0.3, -0.25) is 4.79 Å². The molecule has 6 heteroatoms. The molecule has 1 saturated heterocycles. The van der Waals surface area contributed by atoms with Crippen molar-refractivity contribution in [2.24, 2.45) is 5.92 Å². The van der Waals surface area contributed by atoms with Crippen LogP contribution in [-0.2, 0) is 4.79 Å². The molecule has 1 heterocycles. The molecule has 1 fully saturated rings. The number of carbonyl (C=O) groups excluding carboxylic acids is 1. The highest BCUT2D eigenvalue weighted by Crippen LogP contribution is 2.14. The Hall–Kier alpha value is -1.30. The molecular formula is C12H23N3O3. The van der Waals surface area contributed by atoms with Crippen LogP contribution < -0.4 is 10.6 Å². The summed E-state index contributed by atoms with van der Waals surface area (Å²) in [6, 6.07) is -0.195. The molecule has 0 spiro atoms. The predicted molar refractivity (Wildman–Crippen MR) is 68.5 cm³/mol. The molecular weight excluding hydrogens is 234 g/mol. The SMILES string of the molecule is CN1CCC(CNC(=O)NCCCC(=O)O)CC1. The van der Waals surface area contributed by atoms with Crippen LogP contribution in [0.5, 0.6) is 0 Å². The lowest BCUT2D eigenvalue weighted by Crippen LogP contribution is -2.41. The molecule has 3 N–H and O–H groups in total. The Morgan fingerprint density at radius 3 is 2.56 bits per heavy atom. The van der Waals surface area contributed by atoms with Gasteiger partial charge in [0.1, 0.15) is 0 Å². The van der Waals surface area contributed by atoms with Crippen molar-refractivity contribution in [3.05, 3.63) is 0 Å². The van der Waals surface area contributed by atoms with E-state index in [2.05, 4.69) is 22.6 Å². The molecule has 0 aromatic heterocycles. The summed E-state index contributed by atoms with van der Waals surface area (Å²) in [6.07, 6.45) is 2.80. The number of carboxylic acids is 1. The summed E-state index contributed by atoms with van der Waals surface area (Å²) < 4.78 is 0. The Bertz CT molecular complexity index is 276. The van der Waals surface area contributed by atoms with E-state index in [4.69, 9.17) is 5.11 Å². The number of urea groups is 1. The number of rotatable bonds is 6. The lowest BCUT2D eigenvalue weighted by atomic mass is 9.97. The smallest absolute Gasteiger partial charge is 0.314 e. The van der Waals surface area contributed by atoms with Gasteiger partial charge in [-0.05, 0) is 45.3 Å². The number of hydrogen-bond acceptors (Lipinski definition) is 3. The molecule has 104 valence electrons. The average molecular weight is 257 g/mol. The topological polar surface area (TPSA) is 81.7 Å². The van der Waals surface area contributed by atoms with E-state index in [0.717, 1.165) is 25.9 Å². The molecule has 0 atom stereocenters. The molecule has 0 bridgehead atoms. The summed E-state index contributed by atoms with van der Waals surface area (Å²) in [5.41, 5.74) is 0. The van der Waals surface area contributed by atoms with E-state index in [0.29, 0.717) is 25.4 Å². The molecule has 0 unspecified atom stereocenters. The van der Waals surface area contributed by atoms with Crippen molar-refractivity contribution < 1.29 is 14.7 Å². The summed E-state index contributed by atoms with van der Waals surface area (Å²) in [4.78, 5) is 24.0. The zero-order valence-corrected chi connectivity index (χ0v) is 10.9. The van der Waals surface area contributed by atoms with Crippen molar-refractivity contribution >= 4 is 12.0 Å². The van der Waals surface area contributed by atoms with Crippen molar-refractivity contribution in [2.75, 3.05) is 33.2 Å². The van der Waals surface area contributed by atoms with E-state index in [9.17, 15) is 9.59 Å². The number of amides is 2. The van der Waals surface area contributed by atoms with Gasteiger partial charge in [0.2, 0.25) is 0 Å². The quantitative estimate of drug-likeness (QED) is 0.605. The van der Waals surface area contributed by atoms with E-state index < -0.39 is 5.97 Å². The highest BCUT2D eigenvalue weighted by Gasteiger charge is 2.16. The fourth-order valence-corrected chi connectivity index (χ4v) is 2.01. The van der Waals surface area contributed by atoms with Gasteiger partial charge in [0, 0.05) is 19.5 Å². The Balaban J connectivity index is 2.01. The largest absolute Gasteiger partial charge is 0.481 e. The maximum Gasteiger partial charge on any atom is 0.314 e. The van der Waals surface area contributed by atoms with Crippen LogP contribution in [0.4, 0.5) is 4.79 Å². The predicted octanol–water partition coefficient (Wildman–Crippen LogP) is 0.492. The number of piperidine rings is 1. The van der Waals surface area contributed by atoms with Gasteiger partial charge in [-0.2, -0.15) is 0 Å². The van der Waals surface area contributed by atoms with Crippen molar-refractivity contribution in [1.29, 1.82) is 0 Å². The zero-order valence-electron chi connectivity index (χ0n) is 10.9. The van der Waals surface area contributed by atoms with Crippen LogP contribution >= 0.6 is 0 Å². The van der Waals surface area contributed by atoms with Crippen LogP contribution in [0.3, 0.4) is 0 Å². The normalized spacial score (nSPS) is 17.4. The molecule has 0 aromatic rings. The van der Waals surface area contributed by atoms with Gasteiger partial charge < -0.3 is 20.6 Å². The molecule has 0 radical (unpaired) electrons. The van der Waals surface area contributed by atoms with Gasteiger partial charge in [-0.15, -0.1) is 0 Å². The van der Waals surface area contributed by atoms with Crippen LogP contribution in [0, 0.1) is 5.92 Å². The minimum atomic E-state index is -0.830. The van der Waals surface area contributed by atoms with Crippen LogP contribution in [0.25, 0.3) is 0 Å². The molecule has 1 aliphatic heterocycles. The van der Waals surface area contributed by atoms with E-state index >= 15 is 0 Å². The van der Waals surface area contributed by atoms with Crippen LogP contribution in [-0.4, -0.2) is 55.2 Å². The van der Waals surface area contributed by atoms with Gasteiger partial charge in [-0.1, -0.05) is 0 Å². The Morgan fingerprint density at radius 1 is 1.28 bits per heavy atom. The van der Waals surface area contributed by atoms with Gasteiger partial charge in [0.25, 0.3) is 0 Å². The molecule has 0 aromatic carbocycles. The third-order valence-electron chi connectivity index (χ3n) is 3.24. The van der Waals surface area contributed by atoms with Crippen molar-refractivity contribution in [1.82, 2.24) is 15.5 Å². The standard InChI is InChI=1S/C12H23N3O3/c1-15-7-4-10(5-8-15)9-14-12(18)13-6-2-3-11(16)17/h10H,2-9H2,1H3,(H,16,17)(H2,13,14,18). The zero-order chi connectivity index (χ0) is 13.4. The lowest BCUT2D eigenvalue weighted by Gasteiger charge is -2.28. The molecule has 0 aliphatic carbocycles. The first kappa shape index (κ1) is 14.8. The van der Waals surface area contributed by atoms with Crippen molar-refractivity contribution in [2.45, 2.75) is 25.7 Å². The number of likely N-dealkylation sites (tertiary alicyclic amines) is 1.